The van der Waals surface area contributed by atoms with Crippen molar-refractivity contribution in [2.75, 3.05) is 0 Å². The molecule has 16 heavy (non-hydrogen) atoms. The number of hydrogen-bond acceptors (Lipinski definition) is 3. The minimum Gasteiger partial charge on any atom is -0.478 e. The lowest BCUT2D eigenvalue weighted by molar-refractivity contribution is -0.132. The van der Waals surface area contributed by atoms with E-state index >= 15 is 0 Å². The van der Waals surface area contributed by atoms with E-state index in [-0.39, 0.29) is 17.7 Å². The van der Waals surface area contributed by atoms with Crippen LogP contribution in [0.15, 0.2) is 22.5 Å². The number of carboxylic acids is 1. The Hall–Kier alpha value is -1.91. The maximum Gasteiger partial charge on any atom is 0.331 e. The molecule has 0 bridgehead atoms. The SMILES string of the molecule is CC(=CCn1c(C)nc(C)cc1=O)C(=O)O. The van der Waals surface area contributed by atoms with Crippen LogP contribution in [0.4, 0.5) is 0 Å². The Labute approximate surface area is 93.1 Å². The summed E-state index contributed by atoms with van der Waals surface area (Å²) >= 11 is 0. The molecule has 0 aliphatic rings. The second-order valence-electron chi connectivity index (χ2n) is 3.59. The van der Waals surface area contributed by atoms with Crippen LogP contribution in [-0.4, -0.2) is 20.6 Å². The van der Waals surface area contributed by atoms with Gasteiger partial charge >= 0.3 is 5.97 Å². The standard InChI is InChI=1S/C11H14N2O3/c1-7(11(15)16)4-5-13-9(3)12-8(2)6-10(13)14/h4,6H,5H2,1-3H3,(H,15,16). The van der Waals surface area contributed by atoms with E-state index < -0.39 is 5.97 Å². The van der Waals surface area contributed by atoms with Gasteiger partial charge in [0.05, 0.1) is 0 Å². The van der Waals surface area contributed by atoms with E-state index in [1.165, 1.54) is 23.6 Å². The molecule has 0 saturated carbocycles. The highest BCUT2D eigenvalue weighted by Crippen LogP contribution is 1.97. The Morgan fingerprint density at radius 3 is 2.69 bits per heavy atom. The molecule has 5 heteroatoms. The van der Waals surface area contributed by atoms with Gasteiger partial charge in [-0.1, -0.05) is 6.08 Å². The average Bonchev–Trinajstić information content (AvgIpc) is 2.15. The fraction of sp³-hybridized carbons (Fsp3) is 0.364. The van der Waals surface area contributed by atoms with Crippen molar-refractivity contribution in [3.63, 3.8) is 0 Å². The number of carbonyl (C=O) groups is 1. The van der Waals surface area contributed by atoms with E-state index in [0.29, 0.717) is 11.5 Å². The number of rotatable bonds is 3. The maximum absolute atomic E-state index is 11.6. The van der Waals surface area contributed by atoms with Crippen LogP contribution in [0.2, 0.25) is 0 Å². The fourth-order valence-electron chi connectivity index (χ4n) is 1.30. The van der Waals surface area contributed by atoms with E-state index in [0.717, 1.165) is 0 Å². The summed E-state index contributed by atoms with van der Waals surface area (Å²) in [6, 6.07) is 1.43. The van der Waals surface area contributed by atoms with Gasteiger partial charge < -0.3 is 5.11 Å². The molecule has 0 fully saturated rings. The van der Waals surface area contributed by atoms with Gasteiger partial charge in [0, 0.05) is 23.9 Å². The number of carboxylic acid groups (broad SMARTS) is 1. The second-order valence-corrected chi connectivity index (χ2v) is 3.59. The molecule has 0 aliphatic heterocycles. The van der Waals surface area contributed by atoms with Gasteiger partial charge in [0.1, 0.15) is 5.82 Å². The lowest BCUT2D eigenvalue weighted by atomic mass is 10.3. The first-order valence-electron chi connectivity index (χ1n) is 4.87. The number of aryl methyl sites for hydroxylation is 2. The molecule has 0 unspecified atom stereocenters. The van der Waals surface area contributed by atoms with Gasteiger partial charge in [-0.15, -0.1) is 0 Å². The van der Waals surface area contributed by atoms with Crippen molar-refractivity contribution in [3.8, 4) is 0 Å². The number of aromatic nitrogens is 2. The largest absolute Gasteiger partial charge is 0.478 e. The monoisotopic (exact) mass is 222 g/mol. The van der Waals surface area contributed by atoms with Crippen LogP contribution in [-0.2, 0) is 11.3 Å². The van der Waals surface area contributed by atoms with Gasteiger partial charge in [-0.05, 0) is 20.8 Å². The number of nitrogens with zero attached hydrogens (tertiary/aromatic N) is 2. The summed E-state index contributed by atoms with van der Waals surface area (Å²) in [4.78, 5) is 26.3. The quantitative estimate of drug-likeness (QED) is 0.771. The fourth-order valence-corrected chi connectivity index (χ4v) is 1.30. The number of hydrogen-bond donors (Lipinski definition) is 1. The van der Waals surface area contributed by atoms with Gasteiger partial charge in [0.15, 0.2) is 0 Å². The van der Waals surface area contributed by atoms with Gasteiger partial charge in [0.25, 0.3) is 5.56 Å². The third-order valence-electron chi connectivity index (χ3n) is 2.24. The average molecular weight is 222 g/mol. The molecule has 0 saturated heterocycles. The van der Waals surface area contributed by atoms with Crippen LogP contribution in [0.1, 0.15) is 18.4 Å². The van der Waals surface area contributed by atoms with Crippen molar-refractivity contribution < 1.29 is 9.90 Å². The lowest BCUT2D eigenvalue weighted by Gasteiger charge is -2.06. The molecule has 5 nitrogen and oxygen atoms in total. The van der Waals surface area contributed by atoms with E-state index in [9.17, 15) is 9.59 Å². The topological polar surface area (TPSA) is 72.2 Å². The van der Waals surface area contributed by atoms with Gasteiger partial charge in [-0.25, -0.2) is 9.78 Å². The van der Waals surface area contributed by atoms with Crippen LogP contribution in [0.25, 0.3) is 0 Å². The smallest absolute Gasteiger partial charge is 0.331 e. The summed E-state index contributed by atoms with van der Waals surface area (Å²) in [5, 5.41) is 8.67. The van der Waals surface area contributed by atoms with E-state index in [2.05, 4.69) is 4.98 Å². The zero-order chi connectivity index (χ0) is 12.3. The molecular weight excluding hydrogens is 208 g/mol. The van der Waals surface area contributed by atoms with E-state index in [1.54, 1.807) is 13.8 Å². The minimum atomic E-state index is -0.981. The zero-order valence-electron chi connectivity index (χ0n) is 9.52. The van der Waals surface area contributed by atoms with E-state index in [4.69, 9.17) is 5.11 Å². The van der Waals surface area contributed by atoms with Crippen molar-refractivity contribution in [1.29, 1.82) is 0 Å². The molecule has 1 rings (SSSR count). The third kappa shape index (κ3) is 2.79. The number of allylic oxidation sites excluding steroid dienone is 1. The predicted molar refractivity (Wildman–Crippen MR) is 59.4 cm³/mol. The molecule has 1 heterocycles. The van der Waals surface area contributed by atoms with Crippen molar-refractivity contribution in [2.45, 2.75) is 27.3 Å². The van der Waals surface area contributed by atoms with Crippen LogP contribution in [0, 0.1) is 13.8 Å². The highest BCUT2D eigenvalue weighted by molar-refractivity contribution is 5.85. The summed E-state index contributed by atoms with van der Waals surface area (Å²) in [5.41, 5.74) is 0.712. The van der Waals surface area contributed by atoms with Crippen molar-refractivity contribution in [1.82, 2.24) is 9.55 Å². The molecule has 0 spiro atoms. The number of aliphatic carboxylic acids is 1. The van der Waals surface area contributed by atoms with Crippen LogP contribution >= 0.6 is 0 Å². The Bertz CT molecular complexity index is 500. The molecule has 1 aromatic heterocycles. The molecule has 0 radical (unpaired) electrons. The van der Waals surface area contributed by atoms with Crippen LogP contribution < -0.4 is 5.56 Å². The molecule has 1 N–H and O–H groups in total. The summed E-state index contributed by atoms with van der Waals surface area (Å²) in [6.45, 7) is 5.19. The maximum atomic E-state index is 11.6. The van der Waals surface area contributed by atoms with Crippen LogP contribution in [0.3, 0.4) is 0 Å². The summed E-state index contributed by atoms with van der Waals surface area (Å²) in [7, 11) is 0. The molecule has 0 atom stereocenters. The molecule has 0 aliphatic carbocycles. The highest BCUT2D eigenvalue weighted by atomic mass is 16.4. The van der Waals surface area contributed by atoms with Gasteiger partial charge in [-0.2, -0.15) is 0 Å². The van der Waals surface area contributed by atoms with Crippen molar-refractivity contribution in [2.24, 2.45) is 0 Å². The Kier molecular flexibility index (Phi) is 3.60. The molecule has 0 aromatic carbocycles. The third-order valence-corrected chi connectivity index (χ3v) is 2.24. The molecule has 86 valence electrons. The Morgan fingerprint density at radius 2 is 2.19 bits per heavy atom. The zero-order valence-corrected chi connectivity index (χ0v) is 9.52. The lowest BCUT2D eigenvalue weighted by Crippen LogP contribution is -2.23. The van der Waals surface area contributed by atoms with Gasteiger partial charge in [-0.3, -0.25) is 9.36 Å². The normalized spacial score (nSPS) is 11.6. The van der Waals surface area contributed by atoms with E-state index in [1.807, 2.05) is 0 Å². The van der Waals surface area contributed by atoms with Crippen LogP contribution in [0.5, 0.6) is 0 Å². The predicted octanol–water partition coefficient (Wildman–Crippen LogP) is 0.891. The molecule has 1 aromatic rings. The first-order chi connectivity index (χ1) is 7.41. The Balaban J connectivity index is 3.04. The second kappa shape index (κ2) is 4.74. The first kappa shape index (κ1) is 12.2. The molecule has 0 amide bonds. The summed E-state index contributed by atoms with van der Waals surface area (Å²) in [5.74, 6) is -0.398. The van der Waals surface area contributed by atoms with Gasteiger partial charge in [0.2, 0.25) is 0 Å². The summed E-state index contributed by atoms with van der Waals surface area (Å²) < 4.78 is 1.43. The molecular formula is C11H14N2O3. The summed E-state index contributed by atoms with van der Waals surface area (Å²) in [6.07, 6.45) is 1.49. The Morgan fingerprint density at radius 1 is 1.56 bits per heavy atom. The van der Waals surface area contributed by atoms with Crippen molar-refractivity contribution in [3.05, 3.63) is 39.6 Å². The highest BCUT2D eigenvalue weighted by Gasteiger charge is 2.03. The first-order valence-corrected chi connectivity index (χ1v) is 4.87. The van der Waals surface area contributed by atoms with Crippen molar-refractivity contribution >= 4 is 5.97 Å². The minimum absolute atomic E-state index is 0.167.